The Hall–Kier alpha value is -2.10. The van der Waals surface area contributed by atoms with Crippen molar-refractivity contribution in [3.8, 4) is 0 Å². The van der Waals surface area contributed by atoms with Gasteiger partial charge in [0, 0.05) is 48.4 Å². The first-order chi connectivity index (χ1) is 21.7. The second-order valence-corrected chi connectivity index (χ2v) is 17.8. The van der Waals surface area contributed by atoms with Crippen LogP contribution in [0.1, 0.15) is 78.7 Å². The quantitative estimate of drug-likeness (QED) is 0.121. The van der Waals surface area contributed by atoms with Gasteiger partial charge in [0.05, 0.1) is 16.6 Å². The molecule has 254 valence electrons. The molecule has 3 amide bonds. The number of rotatable bonds is 16. The summed E-state index contributed by atoms with van der Waals surface area (Å²) in [6, 6.07) is 9.24. The molecule has 3 aliphatic heterocycles. The Labute approximate surface area is 289 Å². The van der Waals surface area contributed by atoms with Gasteiger partial charge in [0.1, 0.15) is 6.04 Å². The highest BCUT2D eigenvalue weighted by Gasteiger charge is 2.76. The minimum absolute atomic E-state index is 0.00745. The number of fused-ring (bicyclic) bond motifs is 1. The number of alkyl halides is 1. The number of hydrogen-bond acceptors (Lipinski definition) is 5. The van der Waals surface area contributed by atoms with Crippen LogP contribution >= 0.6 is 27.7 Å². The lowest BCUT2D eigenvalue weighted by Crippen LogP contribution is -2.60. The molecular formula is C37H54BrN3O4S. The summed E-state index contributed by atoms with van der Waals surface area (Å²) in [5.74, 6) is -1.27. The first kappa shape index (κ1) is 36.7. The van der Waals surface area contributed by atoms with Crippen LogP contribution in [-0.2, 0) is 20.9 Å². The van der Waals surface area contributed by atoms with Gasteiger partial charge in [0.2, 0.25) is 17.7 Å². The lowest BCUT2D eigenvalue weighted by molar-refractivity contribution is -0.147. The lowest BCUT2D eigenvalue weighted by Gasteiger charge is -2.46. The van der Waals surface area contributed by atoms with Crippen molar-refractivity contribution in [3.63, 3.8) is 0 Å². The van der Waals surface area contributed by atoms with Gasteiger partial charge < -0.3 is 19.8 Å². The zero-order chi connectivity index (χ0) is 33.9. The van der Waals surface area contributed by atoms with E-state index in [0.717, 1.165) is 37.7 Å². The van der Waals surface area contributed by atoms with Crippen molar-refractivity contribution < 1.29 is 19.5 Å². The molecule has 7 nitrogen and oxygen atoms in total. The fraction of sp³-hybridized carbons (Fsp3) is 0.649. The van der Waals surface area contributed by atoms with E-state index in [0.29, 0.717) is 32.6 Å². The van der Waals surface area contributed by atoms with E-state index in [1.807, 2.05) is 45.0 Å². The molecule has 0 aliphatic carbocycles. The molecule has 0 aromatic heterocycles. The van der Waals surface area contributed by atoms with Crippen molar-refractivity contribution in [1.82, 2.24) is 14.7 Å². The Morgan fingerprint density at radius 1 is 1.04 bits per heavy atom. The number of likely N-dealkylation sites (tertiary alicyclic amines) is 1. The third-order valence-electron chi connectivity index (χ3n) is 9.76. The Balaban J connectivity index is 1.75. The number of halogens is 1. The molecule has 3 unspecified atom stereocenters. The fourth-order valence-corrected chi connectivity index (χ4v) is 12.0. The minimum atomic E-state index is -0.706. The lowest BCUT2D eigenvalue weighted by atomic mass is 9.70. The number of thioether (sulfide) groups is 1. The second kappa shape index (κ2) is 15.0. The zero-order valence-electron chi connectivity index (χ0n) is 28.4. The fourth-order valence-electron chi connectivity index (χ4n) is 8.39. The molecule has 46 heavy (non-hydrogen) atoms. The normalized spacial score (nSPS) is 27.1. The maximum Gasteiger partial charge on any atom is 0.247 e. The Morgan fingerprint density at radius 2 is 1.70 bits per heavy atom. The van der Waals surface area contributed by atoms with Crippen LogP contribution in [0.2, 0.25) is 0 Å². The van der Waals surface area contributed by atoms with Crippen LogP contribution in [-0.4, -0.2) is 90.2 Å². The number of aliphatic hydroxyl groups excluding tert-OH is 1. The first-order valence-electron chi connectivity index (χ1n) is 16.8. The van der Waals surface area contributed by atoms with E-state index >= 15 is 4.79 Å². The first-order valence-corrected chi connectivity index (χ1v) is 18.6. The smallest absolute Gasteiger partial charge is 0.247 e. The number of nitrogens with zero attached hydrogens (tertiary/aromatic N) is 3. The van der Waals surface area contributed by atoms with Gasteiger partial charge in [-0.1, -0.05) is 92.0 Å². The molecule has 3 aliphatic rings. The van der Waals surface area contributed by atoms with Crippen molar-refractivity contribution in [3.05, 3.63) is 61.2 Å². The highest BCUT2D eigenvalue weighted by molar-refractivity contribution is 9.09. The van der Waals surface area contributed by atoms with Crippen LogP contribution < -0.4 is 0 Å². The molecule has 1 spiro atoms. The summed E-state index contributed by atoms with van der Waals surface area (Å²) in [7, 11) is 0. The standard InChI is InChI=1S/C37H54BrN3O4S/c1-8-19-39(24-26-17-13-12-14-18-26)32(43)28-29-33(44)40(21-15-10-11-16-22-42)31(37(29)23-27(38)30(28)46-37)34(45)41(20-9-2)36(6,7)25-35(3,4)5/h8-9,12-14,17-18,27-31,42H,1-2,10-11,15-16,19-25H2,3-7H3/t27?,28-,29+,30-,31?,37?/m1/s1. The molecule has 0 saturated carbocycles. The molecule has 1 aromatic carbocycles. The number of aliphatic hydroxyl groups is 1. The number of hydrogen-bond donors (Lipinski definition) is 1. The minimum Gasteiger partial charge on any atom is -0.396 e. The summed E-state index contributed by atoms with van der Waals surface area (Å²) < 4.78 is -0.706. The van der Waals surface area contributed by atoms with Crippen molar-refractivity contribution >= 4 is 45.4 Å². The third-order valence-corrected chi connectivity index (χ3v) is 13.0. The molecule has 2 bridgehead atoms. The maximum absolute atomic E-state index is 15.1. The van der Waals surface area contributed by atoms with Crippen LogP contribution in [0.3, 0.4) is 0 Å². The van der Waals surface area contributed by atoms with Crippen LogP contribution in [0.15, 0.2) is 55.6 Å². The Bertz CT molecular complexity index is 1270. The summed E-state index contributed by atoms with van der Waals surface area (Å²) in [6.07, 6.45) is 8.15. The van der Waals surface area contributed by atoms with E-state index in [2.05, 4.69) is 63.7 Å². The van der Waals surface area contributed by atoms with Crippen LogP contribution in [0, 0.1) is 17.3 Å². The Kier molecular flexibility index (Phi) is 12.0. The van der Waals surface area contributed by atoms with Gasteiger partial charge in [-0.25, -0.2) is 0 Å². The molecule has 3 fully saturated rings. The van der Waals surface area contributed by atoms with Gasteiger partial charge in [0.15, 0.2) is 0 Å². The average molecular weight is 717 g/mol. The maximum atomic E-state index is 15.1. The molecule has 4 rings (SSSR count). The van der Waals surface area contributed by atoms with Gasteiger partial charge in [-0.3, -0.25) is 14.4 Å². The van der Waals surface area contributed by atoms with E-state index < -0.39 is 28.2 Å². The monoisotopic (exact) mass is 715 g/mol. The molecule has 6 atom stereocenters. The number of unbranched alkanes of at least 4 members (excludes halogenated alkanes) is 3. The van der Waals surface area contributed by atoms with E-state index in [4.69, 9.17) is 0 Å². The largest absolute Gasteiger partial charge is 0.396 e. The highest BCUT2D eigenvalue weighted by Crippen LogP contribution is 2.68. The highest BCUT2D eigenvalue weighted by atomic mass is 79.9. The number of carbonyl (C=O) groups excluding carboxylic acids is 3. The van der Waals surface area contributed by atoms with Crippen LogP contribution in [0.25, 0.3) is 0 Å². The number of carbonyl (C=O) groups is 3. The third kappa shape index (κ3) is 7.46. The van der Waals surface area contributed by atoms with Crippen molar-refractivity contribution in [2.75, 3.05) is 26.2 Å². The molecule has 1 aromatic rings. The summed E-state index contributed by atoms with van der Waals surface area (Å²) in [5, 5.41) is 9.18. The molecule has 3 saturated heterocycles. The van der Waals surface area contributed by atoms with Gasteiger partial charge >= 0.3 is 0 Å². The van der Waals surface area contributed by atoms with E-state index in [1.165, 1.54) is 0 Å². The summed E-state index contributed by atoms with van der Waals surface area (Å²) in [4.78, 5) is 49.9. The predicted octanol–water partition coefficient (Wildman–Crippen LogP) is 6.45. The van der Waals surface area contributed by atoms with Crippen LogP contribution in [0.4, 0.5) is 0 Å². The van der Waals surface area contributed by atoms with Crippen molar-refractivity contribution in [2.24, 2.45) is 17.3 Å². The SMILES string of the molecule is C=CCN(Cc1ccccc1)C(=O)[C@H]1[C@@H]2SC3(CC2Br)C(C(=O)N(CC=C)C(C)(C)CC(C)(C)C)N(CCCCCCO)C(=O)[C@H]13. The number of benzene rings is 1. The predicted molar refractivity (Wildman–Crippen MR) is 192 cm³/mol. The Morgan fingerprint density at radius 3 is 2.30 bits per heavy atom. The van der Waals surface area contributed by atoms with E-state index in [-0.39, 0.29) is 39.8 Å². The molecule has 1 N–H and O–H groups in total. The molecule has 9 heteroatoms. The number of amides is 3. The van der Waals surface area contributed by atoms with Crippen molar-refractivity contribution in [1.29, 1.82) is 0 Å². The molecular weight excluding hydrogens is 662 g/mol. The van der Waals surface area contributed by atoms with Gasteiger partial charge in [-0.05, 0) is 50.5 Å². The molecule has 0 radical (unpaired) electrons. The summed E-state index contributed by atoms with van der Waals surface area (Å²) >= 11 is 5.63. The van der Waals surface area contributed by atoms with Crippen molar-refractivity contribution in [2.45, 2.75) is 106 Å². The summed E-state index contributed by atoms with van der Waals surface area (Å²) in [6.45, 7) is 20.5. The van der Waals surface area contributed by atoms with Gasteiger partial charge in [-0.15, -0.1) is 24.9 Å². The summed E-state index contributed by atoms with van der Waals surface area (Å²) in [5.41, 5.74) is 0.526. The zero-order valence-corrected chi connectivity index (χ0v) is 30.8. The van der Waals surface area contributed by atoms with Gasteiger partial charge in [0.25, 0.3) is 0 Å². The molecule has 3 heterocycles. The topological polar surface area (TPSA) is 81.2 Å². The van der Waals surface area contributed by atoms with Gasteiger partial charge in [-0.2, -0.15) is 0 Å². The van der Waals surface area contributed by atoms with E-state index in [1.54, 1.807) is 23.9 Å². The second-order valence-electron chi connectivity index (χ2n) is 15.1. The van der Waals surface area contributed by atoms with Crippen LogP contribution in [0.5, 0.6) is 0 Å². The van der Waals surface area contributed by atoms with E-state index in [9.17, 15) is 14.7 Å². The average Bonchev–Trinajstić information content (AvgIpc) is 3.57.